The van der Waals surface area contributed by atoms with Crippen LogP contribution in [-0.4, -0.2) is 26.8 Å². The monoisotopic (exact) mass is 434 g/mol. The molecule has 4 aromatic rings. The standard InChI is InChI=1S/C22H22N6O2S/c1-14-16(7-8-18(23)27-14)11-26-21(29)17-13-31-19-12-25-20(22(30)28(17)19)24-10-9-15-5-3-2-4-6-15/h2-8,12-13H,9-11H2,1H3,(H2,23,27)(H,24,25)(H,26,29). The Labute approximate surface area is 182 Å². The molecule has 0 unspecified atom stereocenters. The van der Waals surface area contributed by atoms with Gasteiger partial charge in [-0.05, 0) is 30.5 Å². The van der Waals surface area contributed by atoms with Gasteiger partial charge in [0.2, 0.25) is 0 Å². The van der Waals surface area contributed by atoms with E-state index in [1.807, 2.05) is 43.3 Å². The molecule has 0 fully saturated rings. The summed E-state index contributed by atoms with van der Waals surface area (Å²) in [5.74, 6) is 0.313. The van der Waals surface area contributed by atoms with E-state index in [1.54, 1.807) is 17.6 Å². The van der Waals surface area contributed by atoms with Crippen molar-refractivity contribution in [3.63, 3.8) is 0 Å². The van der Waals surface area contributed by atoms with Crippen LogP contribution in [0.25, 0.3) is 4.83 Å². The second kappa shape index (κ2) is 8.97. The number of benzene rings is 1. The van der Waals surface area contributed by atoms with Gasteiger partial charge < -0.3 is 16.4 Å². The number of hydrogen-bond acceptors (Lipinski definition) is 7. The molecule has 0 spiro atoms. The number of carbonyl (C=O) groups is 1. The topological polar surface area (TPSA) is 114 Å². The lowest BCUT2D eigenvalue weighted by Crippen LogP contribution is -2.29. The number of pyridine rings is 1. The number of hydrogen-bond donors (Lipinski definition) is 3. The first-order valence-corrected chi connectivity index (χ1v) is 10.7. The highest BCUT2D eigenvalue weighted by Crippen LogP contribution is 2.15. The van der Waals surface area contributed by atoms with E-state index in [1.165, 1.54) is 21.3 Å². The van der Waals surface area contributed by atoms with Crippen LogP contribution in [0.5, 0.6) is 0 Å². The van der Waals surface area contributed by atoms with E-state index in [9.17, 15) is 9.59 Å². The third kappa shape index (κ3) is 4.56. The number of aromatic nitrogens is 3. The number of carbonyl (C=O) groups excluding carboxylic acids is 1. The van der Waals surface area contributed by atoms with Gasteiger partial charge in [-0.1, -0.05) is 36.4 Å². The van der Waals surface area contributed by atoms with E-state index >= 15 is 0 Å². The summed E-state index contributed by atoms with van der Waals surface area (Å²) in [6.45, 7) is 2.69. The predicted octanol–water partition coefficient (Wildman–Crippen LogP) is 2.63. The summed E-state index contributed by atoms with van der Waals surface area (Å²) >= 11 is 1.30. The summed E-state index contributed by atoms with van der Waals surface area (Å²) in [5, 5.41) is 7.60. The molecule has 0 bridgehead atoms. The highest BCUT2D eigenvalue weighted by molar-refractivity contribution is 7.15. The molecule has 4 N–H and O–H groups in total. The summed E-state index contributed by atoms with van der Waals surface area (Å²) in [4.78, 5) is 34.8. The molecule has 3 aromatic heterocycles. The molecule has 0 atom stereocenters. The minimum absolute atomic E-state index is 0.222. The van der Waals surface area contributed by atoms with Crippen molar-refractivity contribution < 1.29 is 4.79 Å². The third-order valence-electron chi connectivity index (χ3n) is 4.90. The first-order chi connectivity index (χ1) is 15.0. The van der Waals surface area contributed by atoms with Crippen molar-refractivity contribution in [2.45, 2.75) is 19.9 Å². The minimum Gasteiger partial charge on any atom is -0.384 e. The van der Waals surface area contributed by atoms with Crippen LogP contribution >= 0.6 is 11.3 Å². The van der Waals surface area contributed by atoms with Gasteiger partial charge in [0.05, 0.1) is 6.20 Å². The Bertz CT molecular complexity index is 1280. The minimum atomic E-state index is -0.345. The molecule has 0 radical (unpaired) electrons. The van der Waals surface area contributed by atoms with E-state index in [0.717, 1.165) is 17.7 Å². The average Bonchev–Trinajstić information content (AvgIpc) is 3.20. The number of amides is 1. The van der Waals surface area contributed by atoms with Crippen molar-refractivity contribution in [1.82, 2.24) is 19.7 Å². The number of nitrogens with one attached hydrogen (secondary N) is 2. The smallest absolute Gasteiger partial charge is 0.299 e. The summed E-state index contributed by atoms with van der Waals surface area (Å²) in [6, 6.07) is 13.5. The first kappa shape index (κ1) is 20.5. The fraction of sp³-hybridized carbons (Fsp3) is 0.182. The maximum absolute atomic E-state index is 13.0. The molecular weight excluding hydrogens is 412 g/mol. The lowest BCUT2D eigenvalue weighted by atomic mass is 10.1. The number of fused-ring (bicyclic) bond motifs is 1. The Morgan fingerprint density at radius 2 is 2.00 bits per heavy atom. The molecule has 4 rings (SSSR count). The molecule has 9 heteroatoms. The maximum atomic E-state index is 13.0. The van der Waals surface area contributed by atoms with Crippen LogP contribution < -0.4 is 21.9 Å². The molecule has 0 aliphatic carbocycles. The van der Waals surface area contributed by atoms with Gasteiger partial charge in [0.25, 0.3) is 11.5 Å². The number of rotatable bonds is 7. The quantitative estimate of drug-likeness (QED) is 0.412. The molecule has 31 heavy (non-hydrogen) atoms. The number of thiazole rings is 1. The number of aryl methyl sites for hydroxylation is 1. The molecule has 0 saturated carbocycles. The van der Waals surface area contributed by atoms with Gasteiger partial charge in [-0.25, -0.2) is 9.97 Å². The van der Waals surface area contributed by atoms with Gasteiger partial charge in [-0.2, -0.15) is 0 Å². The predicted molar refractivity (Wildman–Crippen MR) is 123 cm³/mol. The largest absolute Gasteiger partial charge is 0.384 e. The zero-order valence-corrected chi connectivity index (χ0v) is 17.8. The fourth-order valence-corrected chi connectivity index (χ4v) is 4.07. The van der Waals surface area contributed by atoms with Gasteiger partial charge in [-0.3, -0.25) is 14.0 Å². The SMILES string of the molecule is Cc1nc(N)ccc1CNC(=O)c1csc2cnc(NCCc3ccccc3)c(=O)n12. The van der Waals surface area contributed by atoms with Gasteiger partial charge in [0.15, 0.2) is 5.82 Å². The van der Waals surface area contributed by atoms with Crippen LogP contribution in [0.1, 0.15) is 27.3 Å². The summed E-state index contributed by atoms with van der Waals surface area (Å²) in [6.07, 6.45) is 2.36. The molecule has 0 aliphatic rings. The Kier molecular flexibility index (Phi) is 5.94. The van der Waals surface area contributed by atoms with Crippen LogP contribution in [0.4, 0.5) is 11.6 Å². The summed E-state index contributed by atoms with van der Waals surface area (Å²) in [5.41, 5.74) is 8.38. The molecule has 1 aromatic carbocycles. The normalized spacial score (nSPS) is 10.9. The Hall–Kier alpha value is -3.72. The molecule has 3 heterocycles. The first-order valence-electron chi connectivity index (χ1n) is 9.80. The fourth-order valence-electron chi connectivity index (χ4n) is 3.23. The van der Waals surface area contributed by atoms with Crippen molar-refractivity contribution >= 4 is 33.7 Å². The number of nitrogens with two attached hydrogens (primary N) is 1. The van der Waals surface area contributed by atoms with Crippen molar-refractivity contribution in [1.29, 1.82) is 0 Å². The van der Waals surface area contributed by atoms with Gasteiger partial charge >= 0.3 is 0 Å². The highest BCUT2D eigenvalue weighted by atomic mass is 32.1. The molecule has 1 amide bonds. The lowest BCUT2D eigenvalue weighted by Gasteiger charge is -2.09. The van der Waals surface area contributed by atoms with E-state index in [4.69, 9.17) is 5.73 Å². The number of nitrogen functional groups attached to an aromatic ring is 1. The van der Waals surface area contributed by atoms with E-state index < -0.39 is 0 Å². The second-order valence-electron chi connectivity index (χ2n) is 7.03. The molecule has 8 nitrogen and oxygen atoms in total. The maximum Gasteiger partial charge on any atom is 0.299 e. The molecule has 0 aliphatic heterocycles. The molecule has 0 saturated heterocycles. The van der Waals surface area contributed by atoms with Crippen LogP contribution in [0.15, 0.2) is 58.8 Å². The Balaban J connectivity index is 1.49. The van der Waals surface area contributed by atoms with Crippen molar-refractivity contribution in [2.75, 3.05) is 17.6 Å². The zero-order chi connectivity index (χ0) is 21.8. The lowest BCUT2D eigenvalue weighted by molar-refractivity contribution is 0.0945. The highest BCUT2D eigenvalue weighted by Gasteiger charge is 2.16. The van der Waals surface area contributed by atoms with Gasteiger partial charge in [-0.15, -0.1) is 11.3 Å². The van der Waals surface area contributed by atoms with Crippen molar-refractivity contribution in [3.8, 4) is 0 Å². The van der Waals surface area contributed by atoms with Crippen LogP contribution in [0.3, 0.4) is 0 Å². The van der Waals surface area contributed by atoms with Crippen LogP contribution in [0, 0.1) is 6.92 Å². The molecular formula is C22H22N6O2S. The van der Waals surface area contributed by atoms with Gasteiger partial charge in [0, 0.05) is 24.2 Å². The Morgan fingerprint density at radius 3 is 2.77 bits per heavy atom. The second-order valence-corrected chi connectivity index (χ2v) is 7.92. The van der Waals surface area contributed by atoms with E-state index in [-0.39, 0.29) is 29.5 Å². The van der Waals surface area contributed by atoms with Crippen LogP contribution in [0.2, 0.25) is 0 Å². The van der Waals surface area contributed by atoms with Crippen LogP contribution in [-0.2, 0) is 13.0 Å². The summed E-state index contributed by atoms with van der Waals surface area (Å²) < 4.78 is 1.39. The van der Waals surface area contributed by atoms with E-state index in [0.29, 0.717) is 17.2 Å². The Morgan fingerprint density at radius 1 is 1.19 bits per heavy atom. The van der Waals surface area contributed by atoms with E-state index in [2.05, 4.69) is 20.6 Å². The zero-order valence-electron chi connectivity index (χ0n) is 17.0. The average molecular weight is 435 g/mol. The number of anilines is 2. The third-order valence-corrected chi connectivity index (χ3v) is 5.77. The van der Waals surface area contributed by atoms with Gasteiger partial charge in [0.1, 0.15) is 16.3 Å². The van der Waals surface area contributed by atoms with Crippen molar-refractivity contribution in [3.05, 3.63) is 86.9 Å². The molecule has 158 valence electrons. The summed E-state index contributed by atoms with van der Waals surface area (Å²) in [7, 11) is 0. The van der Waals surface area contributed by atoms with Crippen molar-refractivity contribution in [2.24, 2.45) is 0 Å². The number of nitrogens with zero attached hydrogens (tertiary/aromatic N) is 3.